The van der Waals surface area contributed by atoms with Crippen molar-refractivity contribution in [2.24, 2.45) is 10.7 Å². The highest BCUT2D eigenvalue weighted by atomic mass is 16.3. The van der Waals surface area contributed by atoms with Gasteiger partial charge in [-0.1, -0.05) is 36.4 Å². The lowest BCUT2D eigenvalue weighted by Crippen LogP contribution is -2.30. The molecular formula is C21H25N3O. The predicted molar refractivity (Wildman–Crippen MR) is 102 cm³/mol. The highest BCUT2D eigenvalue weighted by Gasteiger charge is 2.36. The van der Waals surface area contributed by atoms with Crippen LogP contribution in [0.2, 0.25) is 0 Å². The lowest BCUT2D eigenvalue weighted by atomic mass is 9.90. The summed E-state index contributed by atoms with van der Waals surface area (Å²) >= 11 is 0. The highest BCUT2D eigenvalue weighted by molar-refractivity contribution is 5.93. The number of hydrogen-bond donors (Lipinski definition) is 3. The van der Waals surface area contributed by atoms with Gasteiger partial charge in [0.05, 0.1) is 6.54 Å². The Balaban J connectivity index is 1.50. The Morgan fingerprint density at radius 1 is 1.04 bits per heavy atom. The van der Waals surface area contributed by atoms with Gasteiger partial charge in [-0.25, -0.2) is 4.99 Å². The number of benzene rings is 2. The van der Waals surface area contributed by atoms with Crippen molar-refractivity contribution in [3.63, 3.8) is 0 Å². The van der Waals surface area contributed by atoms with Gasteiger partial charge in [0.25, 0.3) is 0 Å². The van der Waals surface area contributed by atoms with Gasteiger partial charge in [0.2, 0.25) is 0 Å². The zero-order chi connectivity index (χ0) is 17.3. The molecule has 0 spiro atoms. The molecule has 2 aliphatic carbocycles. The van der Waals surface area contributed by atoms with Crippen LogP contribution < -0.4 is 11.1 Å². The first-order valence-corrected chi connectivity index (χ1v) is 9.14. The maximum absolute atomic E-state index is 11.0. The largest absolute Gasteiger partial charge is 0.383 e. The fraction of sp³-hybridized carbons (Fsp3) is 0.381. The van der Waals surface area contributed by atoms with Crippen molar-refractivity contribution in [2.45, 2.75) is 44.1 Å². The number of nitrogens with two attached hydrogens (primary N) is 1. The summed E-state index contributed by atoms with van der Waals surface area (Å²) in [6.45, 7) is 0.290. The average molecular weight is 335 g/mol. The van der Waals surface area contributed by atoms with Gasteiger partial charge in [-0.15, -0.1) is 0 Å². The van der Waals surface area contributed by atoms with E-state index in [4.69, 9.17) is 5.73 Å². The average Bonchev–Trinajstić information content (AvgIpc) is 2.98. The van der Waals surface area contributed by atoms with E-state index < -0.39 is 5.60 Å². The molecule has 0 aliphatic heterocycles. The molecule has 130 valence electrons. The Kier molecular flexibility index (Phi) is 4.22. The molecule has 4 N–H and O–H groups in total. The van der Waals surface area contributed by atoms with Crippen LogP contribution in [-0.4, -0.2) is 17.6 Å². The first-order chi connectivity index (χ1) is 12.2. The summed E-state index contributed by atoms with van der Waals surface area (Å²) in [5.41, 5.74) is 11.2. The van der Waals surface area contributed by atoms with Crippen LogP contribution in [0.1, 0.15) is 41.5 Å². The third-order valence-corrected chi connectivity index (χ3v) is 5.50. The minimum atomic E-state index is -0.904. The van der Waals surface area contributed by atoms with Gasteiger partial charge in [0, 0.05) is 5.69 Å². The van der Waals surface area contributed by atoms with Crippen LogP contribution in [0.4, 0.5) is 5.69 Å². The first-order valence-electron chi connectivity index (χ1n) is 9.14. The number of nitrogens with zero attached hydrogens (tertiary/aromatic N) is 1. The van der Waals surface area contributed by atoms with Crippen LogP contribution in [0, 0.1) is 0 Å². The number of aliphatic imine (C=N–C) groups is 1. The number of rotatable bonds is 3. The molecule has 2 aromatic rings. The van der Waals surface area contributed by atoms with E-state index in [0.717, 1.165) is 30.5 Å². The SMILES string of the molecule is NC(=NCC1(O)CCc2ccccc21)Nc1cccc2c1CCCC2. The summed E-state index contributed by atoms with van der Waals surface area (Å²) in [5, 5.41) is 14.2. The number of nitrogens with one attached hydrogen (secondary N) is 1. The maximum atomic E-state index is 11.0. The van der Waals surface area contributed by atoms with Crippen LogP contribution >= 0.6 is 0 Å². The Morgan fingerprint density at radius 2 is 1.84 bits per heavy atom. The molecule has 0 saturated heterocycles. The molecule has 0 saturated carbocycles. The topological polar surface area (TPSA) is 70.6 Å². The van der Waals surface area contributed by atoms with E-state index in [1.165, 1.54) is 29.5 Å². The standard InChI is InChI=1S/C21H25N3O/c22-20(24-19-11-5-8-15-6-1-3-9-17(15)19)23-14-21(25)13-12-16-7-2-4-10-18(16)21/h2,4-5,7-8,10-11,25H,1,3,6,9,12-14H2,(H3,22,23,24). The molecule has 0 bridgehead atoms. The zero-order valence-electron chi connectivity index (χ0n) is 14.5. The molecule has 4 heteroatoms. The van der Waals surface area contributed by atoms with Crippen molar-refractivity contribution in [1.82, 2.24) is 0 Å². The summed E-state index contributed by atoms with van der Waals surface area (Å²) in [6, 6.07) is 14.4. The van der Waals surface area contributed by atoms with Crippen molar-refractivity contribution in [2.75, 3.05) is 11.9 Å². The lowest BCUT2D eigenvalue weighted by molar-refractivity contribution is 0.0487. The Labute approximate surface area is 148 Å². The van der Waals surface area contributed by atoms with Gasteiger partial charge >= 0.3 is 0 Å². The minimum absolute atomic E-state index is 0.290. The lowest BCUT2D eigenvalue weighted by Gasteiger charge is -2.23. The van der Waals surface area contributed by atoms with Crippen molar-refractivity contribution in [3.8, 4) is 0 Å². The summed E-state index contributed by atoms with van der Waals surface area (Å²) in [5.74, 6) is 0.372. The molecule has 25 heavy (non-hydrogen) atoms. The quantitative estimate of drug-likeness (QED) is 0.596. The van der Waals surface area contributed by atoms with Crippen molar-refractivity contribution in [3.05, 3.63) is 64.7 Å². The van der Waals surface area contributed by atoms with E-state index in [-0.39, 0.29) is 6.54 Å². The molecular weight excluding hydrogens is 310 g/mol. The molecule has 0 fully saturated rings. The molecule has 1 unspecified atom stereocenters. The van der Waals surface area contributed by atoms with E-state index in [1.54, 1.807) is 0 Å². The third kappa shape index (κ3) is 3.14. The zero-order valence-corrected chi connectivity index (χ0v) is 14.5. The summed E-state index contributed by atoms with van der Waals surface area (Å²) < 4.78 is 0. The Hall–Kier alpha value is -2.33. The number of aliphatic hydroxyl groups is 1. The fourth-order valence-electron chi connectivity index (χ4n) is 4.12. The van der Waals surface area contributed by atoms with Gasteiger partial charge in [-0.3, -0.25) is 0 Å². The molecule has 2 aromatic carbocycles. The number of fused-ring (bicyclic) bond motifs is 2. The van der Waals surface area contributed by atoms with Gasteiger partial charge < -0.3 is 16.2 Å². The second-order valence-electron chi connectivity index (χ2n) is 7.17. The number of guanidine groups is 1. The molecule has 2 aliphatic rings. The van der Waals surface area contributed by atoms with Crippen molar-refractivity contribution >= 4 is 11.6 Å². The molecule has 0 amide bonds. The van der Waals surface area contributed by atoms with Gasteiger partial charge in [-0.2, -0.15) is 0 Å². The molecule has 0 radical (unpaired) electrons. The van der Waals surface area contributed by atoms with Gasteiger partial charge in [-0.05, 0) is 66.8 Å². The second-order valence-corrected chi connectivity index (χ2v) is 7.17. The molecule has 0 aromatic heterocycles. The Morgan fingerprint density at radius 3 is 2.76 bits per heavy atom. The summed E-state index contributed by atoms with van der Waals surface area (Å²) in [4.78, 5) is 4.45. The highest BCUT2D eigenvalue weighted by Crippen LogP contribution is 2.37. The molecule has 4 nitrogen and oxygen atoms in total. The fourth-order valence-corrected chi connectivity index (χ4v) is 4.12. The van der Waals surface area contributed by atoms with E-state index in [2.05, 4.69) is 34.6 Å². The third-order valence-electron chi connectivity index (χ3n) is 5.50. The van der Waals surface area contributed by atoms with Crippen LogP contribution in [0.5, 0.6) is 0 Å². The smallest absolute Gasteiger partial charge is 0.193 e. The van der Waals surface area contributed by atoms with Crippen molar-refractivity contribution < 1.29 is 5.11 Å². The predicted octanol–water partition coefficient (Wildman–Crippen LogP) is 3.13. The maximum Gasteiger partial charge on any atom is 0.193 e. The monoisotopic (exact) mass is 335 g/mol. The van der Waals surface area contributed by atoms with Crippen molar-refractivity contribution in [1.29, 1.82) is 0 Å². The number of anilines is 1. The van der Waals surface area contributed by atoms with Crippen LogP contribution in [0.25, 0.3) is 0 Å². The van der Waals surface area contributed by atoms with E-state index >= 15 is 0 Å². The first kappa shape index (κ1) is 16.2. The Bertz CT molecular complexity index is 815. The minimum Gasteiger partial charge on any atom is -0.383 e. The summed E-state index contributed by atoms with van der Waals surface area (Å²) in [6.07, 6.45) is 6.29. The number of hydrogen-bond acceptors (Lipinski definition) is 2. The van der Waals surface area contributed by atoms with Crippen LogP contribution in [-0.2, 0) is 24.9 Å². The normalized spacial score (nSPS) is 22.4. The van der Waals surface area contributed by atoms with Gasteiger partial charge in [0.15, 0.2) is 5.96 Å². The molecule has 0 heterocycles. The molecule has 4 rings (SSSR count). The van der Waals surface area contributed by atoms with E-state index in [9.17, 15) is 5.11 Å². The molecule has 1 atom stereocenters. The van der Waals surface area contributed by atoms with E-state index in [0.29, 0.717) is 12.4 Å². The van der Waals surface area contributed by atoms with Crippen LogP contribution in [0.3, 0.4) is 0 Å². The summed E-state index contributed by atoms with van der Waals surface area (Å²) in [7, 11) is 0. The number of aryl methyl sites for hydroxylation is 2. The van der Waals surface area contributed by atoms with Crippen LogP contribution in [0.15, 0.2) is 47.5 Å². The van der Waals surface area contributed by atoms with Gasteiger partial charge in [0.1, 0.15) is 5.60 Å². The second kappa shape index (κ2) is 6.52. The van der Waals surface area contributed by atoms with E-state index in [1.807, 2.05) is 18.2 Å².